The highest BCUT2D eigenvalue weighted by Crippen LogP contribution is 2.44. The van der Waals surface area contributed by atoms with Crippen molar-refractivity contribution in [1.29, 1.82) is 0 Å². The van der Waals surface area contributed by atoms with Crippen molar-refractivity contribution in [3.05, 3.63) is 0 Å². The maximum Gasteiger partial charge on any atom is 0.307 e. The van der Waals surface area contributed by atoms with Crippen LogP contribution in [0.2, 0.25) is 0 Å². The summed E-state index contributed by atoms with van der Waals surface area (Å²) in [5.74, 6) is 2.93. The summed E-state index contributed by atoms with van der Waals surface area (Å²) in [4.78, 5) is 35.7. The van der Waals surface area contributed by atoms with Crippen LogP contribution in [0.25, 0.3) is 0 Å². The SMILES string of the molecule is CC#CCC(CC1(C(=O)N[C@H]2CC[C@@H](C(=O)O)CC2)CCCC1)C(=O)O. The van der Waals surface area contributed by atoms with Gasteiger partial charge in [0.25, 0.3) is 0 Å². The van der Waals surface area contributed by atoms with Gasteiger partial charge in [-0.2, -0.15) is 0 Å². The average Bonchev–Trinajstić information content (AvgIpc) is 3.08. The van der Waals surface area contributed by atoms with Crippen molar-refractivity contribution in [3.8, 4) is 11.8 Å². The van der Waals surface area contributed by atoms with E-state index < -0.39 is 23.3 Å². The number of carbonyl (C=O) groups excluding carboxylic acids is 1. The van der Waals surface area contributed by atoms with Crippen LogP contribution in [0.4, 0.5) is 0 Å². The maximum absolute atomic E-state index is 13.0. The van der Waals surface area contributed by atoms with E-state index >= 15 is 0 Å². The second kappa shape index (κ2) is 9.07. The van der Waals surface area contributed by atoms with Crippen LogP contribution in [-0.2, 0) is 14.4 Å². The molecule has 1 atom stereocenters. The molecule has 3 N–H and O–H groups in total. The van der Waals surface area contributed by atoms with E-state index in [-0.39, 0.29) is 24.3 Å². The Balaban J connectivity index is 2.01. The predicted octanol–water partition coefficient (Wildman–Crippen LogP) is 2.81. The van der Waals surface area contributed by atoms with E-state index in [1.807, 2.05) is 0 Å². The number of carboxylic acids is 2. The minimum Gasteiger partial charge on any atom is -0.481 e. The van der Waals surface area contributed by atoms with Crippen LogP contribution in [0.5, 0.6) is 0 Å². The van der Waals surface area contributed by atoms with E-state index in [1.54, 1.807) is 6.92 Å². The Labute approximate surface area is 154 Å². The summed E-state index contributed by atoms with van der Waals surface area (Å²) in [6.45, 7) is 1.68. The monoisotopic (exact) mass is 363 g/mol. The zero-order chi connectivity index (χ0) is 19.2. The molecule has 0 saturated heterocycles. The van der Waals surface area contributed by atoms with Gasteiger partial charge in [-0.3, -0.25) is 14.4 Å². The lowest BCUT2D eigenvalue weighted by atomic mass is 9.75. The third-order valence-corrected chi connectivity index (χ3v) is 5.97. The molecule has 1 unspecified atom stereocenters. The Hall–Kier alpha value is -2.03. The molecule has 2 fully saturated rings. The van der Waals surface area contributed by atoms with E-state index in [1.165, 1.54) is 0 Å². The fourth-order valence-corrected chi connectivity index (χ4v) is 4.34. The quantitative estimate of drug-likeness (QED) is 0.604. The Bertz CT molecular complexity index is 589. The van der Waals surface area contributed by atoms with Crippen LogP contribution in [0.3, 0.4) is 0 Å². The number of rotatable bonds is 7. The molecular weight excluding hydrogens is 334 g/mol. The lowest BCUT2D eigenvalue weighted by molar-refractivity contribution is -0.144. The van der Waals surface area contributed by atoms with E-state index in [0.717, 1.165) is 12.8 Å². The first-order valence-electron chi connectivity index (χ1n) is 9.54. The fourth-order valence-electron chi connectivity index (χ4n) is 4.34. The number of carboxylic acid groups (broad SMARTS) is 2. The number of amides is 1. The molecule has 0 radical (unpaired) electrons. The molecule has 1 amide bonds. The van der Waals surface area contributed by atoms with Gasteiger partial charge in [0, 0.05) is 12.5 Å². The highest BCUT2D eigenvalue weighted by atomic mass is 16.4. The van der Waals surface area contributed by atoms with Crippen molar-refractivity contribution in [2.75, 3.05) is 0 Å². The van der Waals surface area contributed by atoms with E-state index in [4.69, 9.17) is 5.11 Å². The van der Waals surface area contributed by atoms with Gasteiger partial charge in [0.2, 0.25) is 5.91 Å². The van der Waals surface area contributed by atoms with Crippen LogP contribution < -0.4 is 5.32 Å². The van der Waals surface area contributed by atoms with Gasteiger partial charge in [-0.05, 0) is 51.9 Å². The number of carbonyl (C=O) groups is 3. The molecule has 144 valence electrons. The number of nitrogens with one attached hydrogen (secondary N) is 1. The summed E-state index contributed by atoms with van der Waals surface area (Å²) in [7, 11) is 0. The first-order chi connectivity index (χ1) is 12.4. The van der Waals surface area contributed by atoms with Crippen LogP contribution in [0, 0.1) is 29.1 Å². The second-order valence-electron chi connectivity index (χ2n) is 7.72. The zero-order valence-corrected chi connectivity index (χ0v) is 15.4. The minimum absolute atomic E-state index is 0.00529. The minimum atomic E-state index is -0.895. The van der Waals surface area contributed by atoms with E-state index in [2.05, 4.69) is 17.2 Å². The van der Waals surface area contributed by atoms with E-state index in [9.17, 15) is 19.5 Å². The van der Waals surface area contributed by atoms with Crippen molar-refractivity contribution < 1.29 is 24.6 Å². The van der Waals surface area contributed by atoms with Gasteiger partial charge in [0.15, 0.2) is 0 Å². The topological polar surface area (TPSA) is 104 Å². The molecule has 0 heterocycles. The number of aliphatic carboxylic acids is 2. The summed E-state index contributed by atoms with van der Waals surface area (Å²) in [5.41, 5.74) is -0.623. The highest BCUT2D eigenvalue weighted by Gasteiger charge is 2.44. The van der Waals surface area contributed by atoms with Crippen LogP contribution >= 0.6 is 0 Å². The largest absolute Gasteiger partial charge is 0.481 e. The van der Waals surface area contributed by atoms with Crippen LogP contribution in [0.15, 0.2) is 0 Å². The molecule has 0 aromatic rings. The van der Waals surface area contributed by atoms with Gasteiger partial charge in [0.1, 0.15) is 0 Å². The van der Waals surface area contributed by atoms with Crippen LogP contribution in [-0.4, -0.2) is 34.1 Å². The maximum atomic E-state index is 13.0. The number of hydrogen-bond donors (Lipinski definition) is 3. The van der Waals surface area contributed by atoms with Gasteiger partial charge in [-0.1, -0.05) is 12.8 Å². The standard InChI is InChI=1S/C20H29NO5/c1-2-3-6-15(18(24)25)13-20(11-4-5-12-20)19(26)21-16-9-7-14(8-10-16)17(22)23/h14-16H,4-13H2,1H3,(H,21,26)(H,22,23)(H,24,25)/t14-,15?,16+. The molecule has 2 aliphatic rings. The lowest BCUT2D eigenvalue weighted by Gasteiger charge is -2.34. The summed E-state index contributed by atoms with van der Waals surface area (Å²) >= 11 is 0. The average molecular weight is 363 g/mol. The summed E-state index contributed by atoms with van der Waals surface area (Å²) < 4.78 is 0. The van der Waals surface area contributed by atoms with Crippen molar-refractivity contribution >= 4 is 17.8 Å². The normalized spacial score (nSPS) is 25.6. The van der Waals surface area contributed by atoms with Crippen molar-refractivity contribution in [1.82, 2.24) is 5.32 Å². The fraction of sp³-hybridized carbons (Fsp3) is 0.750. The van der Waals surface area contributed by atoms with Crippen molar-refractivity contribution in [2.24, 2.45) is 17.3 Å². The molecule has 6 heteroatoms. The lowest BCUT2D eigenvalue weighted by Crippen LogP contribution is -2.47. The molecule has 26 heavy (non-hydrogen) atoms. The van der Waals surface area contributed by atoms with Gasteiger partial charge in [-0.25, -0.2) is 0 Å². The number of hydrogen-bond acceptors (Lipinski definition) is 3. The zero-order valence-electron chi connectivity index (χ0n) is 15.4. The van der Waals surface area contributed by atoms with Gasteiger partial charge < -0.3 is 15.5 Å². The molecule has 0 spiro atoms. The molecule has 0 aromatic heterocycles. The molecule has 2 rings (SSSR count). The molecule has 6 nitrogen and oxygen atoms in total. The summed E-state index contributed by atoms with van der Waals surface area (Å²) in [5, 5.41) is 21.7. The van der Waals surface area contributed by atoms with E-state index in [0.29, 0.717) is 44.9 Å². The Morgan fingerprint density at radius 3 is 2.23 bits per heavy atom. The molecule has 2 saturated carbocycles. The summed E-state index contributed by atoms with van der Waals surface area (Å²) in [6, 6.07) is -0.00529. The smallest absolute Gasteiger partial charge is 0.307 e. The molecule has 0 aromatic carbocycles. The molecule has 0 bridgehead atoms. The first kappa shape index (κ1) is 20.3. The Morgan fingerprint density at radius 1 is 1.12 bits per heavy atom. The third-order valence-electron chi connectivity index (χ3n) is 5.97. The highest BCUT2D eigenvalue weighted by molar-refractivity contribution is 5.84. The predicted molar refractivity (Wildman–Crippen MR) is 96.2 cm³/mol. The Kier molecular flexibility index (Phi) is 7.07. The Morgan fingerprint density at radius 2 is 1.73 bits per heavy atom. The first-order valence-corrected chi connectivity index (χ1v) is 9.54. The third kappa shape index (κ3) is 5.00. The van der Waals surface area contributed by atoms with Crippen molar-refractivity contribution in [3.63, 3.8) is 0 Å². The van der Waals surface area contributed by atoms with Crippen molar-refractivity contribution in [2.45, 2.75) is 77.2 Å². The van der Waals surface area contributed by atoms with Gasteiger partial charge >= 0.3 is 11.9 Å². The van der Waals surface area contributed by atoms with Crippen LogP contribution in [0.1, 0.15) is 71.1 Å². The molecule has 0 aliphatic heterocycles. The summed E-state index contributed by atoms with van der Waals surface area (Å²) in [6.07, 6.45) is 6.40. The molecular formula is C20H29NO5. The van der Waals surface area contributed by atoms with Gasteiger partial charge in [0.05, 0.1) is 17.3 Å². The second-order valence-corrected chi connectivity index (χ2v) is 7.72. The molecule has 2 aliphatic carbocycles. The van der Waals surface area contributed by atoms with Gasteiger partial charge in [-0.15, -0.1) is 11.8 Å².